The van der Waals surface area contributed by atoms with Crippen LogP contribution < -0.4 is 5.32 Å². The summed E-state index contributed by atoms with van der Waals surface area (Å²) in [6, 6.07) is 6.16. The second-order valence-corrected chi connectivity index (χ2v) is 8.95. The molecule has 24 heavy (non-hydrogen) atoms. The number of carbonyl (C=O) groups is 1. The number of sulfonamides is 1. The highest BCUT2D eigenvalue weighted by molar-refractivity contribution is 7.88. The molecule has 1 aromatic carbocycles. The molecule has 0 aliphatic heterocycles. The third-order valence-corrected chi connectivity index (χ3v) is 6.37. The van der Waals surface area contributed by atoms with Gasteiger partial charge in [-0.2, -0.15) is 4.31 Å². The average Bonchev–Trinajstić information content (AvgIpc) is 3.10. The van der Waals surface area contributed by atoms with E-state index in [-0.39, 0.29) is 30.6 Å². The van der Waals surface area contributed by atoms with Crippen molar-refractivity contribution < 1.29 is 17.6 Å². The minimum Gasteiger partial charge on any atom is -0.352 e. The Labute approximate surface area is 142 Å². The Morgan fingerprint density at radius 1 is 1.29 bits per heavy atom. The van der Waals surface area contributed by atoms with Crippen LogP contribution in [0.1, 0.15) is 31.2 Å². The van der Waals surface area contributed by atoms with Gasteiger partial charge in [0, 0.05) is 18.2 Å². The second-order valence-electron chi connectivity index (χ2n) is 6.97. The smallest absolute Gasteiger partial charge is 0.235 e. The quantitative estimate of drug-likeness (QED) is 0.848. The molecular weight excluding hydrogens is 331 g/mol. The van der Waals surface area contributed by atoms with Gasteiger partial charge in [0.05, 0.1) is 12.8 Å². The van der Waals surface area contributed by atoms with Crippen molar-refractivity contribution in [2.45, 2.75) is 38.3 Å². The van der Waals surface area contributed by atoms with Crippen molar-refractivity contribution in [1.82, 2.24) is 9.62 Å². The van der Waals surface area contributed by atoms with E-state index in [1.165, 1.54) is 18.6 Å². The van der Waals surface area contributed by atoms with E-state index in [1.54, 1.807) is 12.1 Å². The van der Waals surface area contributed by atoms with Crippen LogP contribution in [0.25, 0.3) is 0 Å². The van der Waals surface area contributed by atoms with Crippen molar-refractivity contribution in [3.63, 3.8) is 0 Å². The summed E-state index contributed by atoms with van der Waals surface area (Å²) < 4.78 is 38.7. The van der Waals surface area contributed by atoms with Crippen molar-refractivity contribution in [2.24, 2.45) is 11.8 Å². The first kappa shape index (κ1) is 17.4. The van der Waals surface area contributed by atoms with E-state index in [2.05, 4.69) is 5.32 Å². The van der Waals surface area contributed by atoms with Gasteiger partial charge in [-0.1, -0.05) is 24.6 Å². The van der Waals surface area contributed by atoms with Crippen molar-refractivity contribution in [3.05, 3.63) is 35.6 Å². The van der Waals surface area contributed by atoms with Crippen molar-refractivity contribution in [2.75, 3.05) is 12.8 Å². The van der Waals surface area contributed by atoms with Crippen LogP contribution in [0.5, 0.6) is 0 Å². The number of fused-ring (bicyclic) bond motifs is 2. The molecule has 2 saturated carbocycles. The SMILES string of the molecule is CS(=O)(=O)N(CC(=O)NC1CC2CCC1C2)Cc1ccccc1F. The highest BCUT2D eigenvalue weighted by atomic mass is 32.2. The zero-order chi connectivity index (χ0) is 17.3. The Morgan fingerprint density at radius 2 is 2.04 bits per heavy atom. The van der Waals surface area contributed by atoms with E-state index in [9.17, 15) is 17.6 Å². The largest absolute Gasteiger partial charge is 0.352 e. The van der Waals surface area contributed by atoms with Gasteiger partial charge in [-0.05, 0) is 37.2 Å². The average molecular weight is 354 g/mol. The first-order valence-corrected chi connectivity index (χ1v) is 10.2. The van der Waals surface area contributed by atoms with E-state index in [1.807, 2.05) is 0 Å². The van der Waals surface area contributed by atoms with Gasteiger partial charge >= 0.3 is 0 Å². The molecule has 2 aliphatic rings. The molecule has 3 atom stereocenters. The second kappa shape index (κ2) is 6.80. The van der Waals surface area contributed by atoms with Crippen LogP contribution in [0.2, 0.25) is 0 Å². The van der Waals surface area contributed by atoms with Crippen LogP contribution in [0, 0.1) is 17.7 Å². The topological polar surface area (TPSA) is 66.5 Å². The van der Waals surface area contributed by atoms with Gasteiger partial charge < -0.3 is 5.32 Å². The third-order valence-electron chi connectivity index (χ3n) is 5.18. The number of hydrogen-bond donors (Lipinski definition) is 1. The number of carbonyl (C=O) groups excluding carboxylic acids is 1. The maximum Gasteiger partial charge on any atom is 0.235 e. The molecule has 2 aliphatic carbocycles. The lowest BCUT2D eigenvalue weighted by molar-refractivity contribution is -0.122. The molecule has 5 nitrogen and oxygen atoms in total. The lowest BCUT2D eigenvalue weighted by Gasteiger charge is -2.25. The van der Waals surface area contributed by atoms with Gasteiger partial charge in [0.2, 0.25) is 15.9 Å². The number of benzene rings is 1. The van der Waals surface area contributed by atoms with Crippen LogP contribution in [0.3, 0.4) is 0 Å². The molecule has 0 spiro atoms. The van der Waals surface area contributed by atoms with Gasteiger partial charge in [0.25, 0.3) is 0 Å². The Kier molecular flexibility index (Phi) is 4.92. The molecule has 1 N–H and O–H groups in total. The molecule has 3 unspecified atom stereocenters. The summed E-state index contributed by atoms with van der Waals surface area (Å²) in [5, 5.41) is 2.97. The summed E-state index contributed by atoms with van der Waals surface area (Å²) in [6.45, 7) is -0.420. The molecule has 3 rings (SSSR count). The first-order valence-electron chi connectivity index (χ1n) is 8.31. The number of nitrogens with one attached hydrogen (secondary N) is 1. The fourth-order valence-electron chi connectivity index (χ4n) is 3.94. The van der Waals surface area contributed by atoms with Crippen LogP contribution in [0.4, 0.5) is 4.39 Å². The molecule has 132 valence electrons. The minimum atomic E-state index is -3.61. The number of rotatable bonds is 6. The monoisotopic (exact) mass is 354 g/mol. The molecule has 1 amide bonds. The molecule has 0 heterocycles. The molecular formula is C17H23FN2O3S. The third kappa shape index (κ3) is 3.95. The van der Waals surface area contributed by atoms with Crippen molar-refractivity contribution >= 4 is 15.9 Å². The Bertz CT molecular complexity index is 722. The van der Waals surface area contributed by atoms with Crippen LogP contribution in [0.15, 0.2) is 24.3 Å². The molecule has 2 fully saturated rings. The van der Waals surface area contributed by atoms with Gasteiger partial charge in [0.1, 0.15) is 5.82 Å². The summed E-state index contributed by atoms with van der Waals surface area (Å²) in [7, 11) is -3.61. The standard InChI is InChI=1S/C17H23FN2O3S/c1-24(22,23)20(10-14-4-2-3-5-15(14)18)11-17(21)19-16-9-12-6-7-13(16)8-12/h2-5,12-13,16H,6-11H2,1H3,(H,19,21). The summed E-state index contributed by atoms with van der Waals surface area (Å²) in [6.07, 6.45) is 5.57. The lowest BCUT2D eigenvalue weighted by Crippen LogP contribution is -2.45. The van der Waals surface area contributed by atoms with E-state index >= 15 is 0 Å². The Morgan fingerprint density at radius 3 is 2.62 bits per heavy atom. The normalized spacial score (nSPS) is 26.0. The van der Waals surface area contributed by atoms with E-state index < -0.39 is 15.8 Å². The molecule has 1 aromatic rings. The molecule has 2 bridgehead atoms. The lowest BCUT2D eigenvalue weighted by atomic mass is 9.95. The number of hydrogen-bond acceptors (Lipinski definition) is 3. The van der Waals surface area contributed by atoms with E-state index in [0.29, 0.717) is 11.8 Å². The maximum atomic E-state index is 13.8. The van der Waals surface area contributed by atoms with Crippen LogP contribution >= 0.6 is 0 Å². The maximum absolute atomic E-state index is 13.8. The molecule has 0 saturated heterocycles. The van der Waals surface area contributed by atoms with Gasteiger partial charge in [-0.25, -0.2) is 12.8 Å². The summed E-state index contributed by atoms with van der Waals surface area (Å²) in [4.78, 5) is 12.3. The highest BCUT2D eigenvalue weighted by Gasteiger charge is 2.40. The predicted octanol–water partition coefficient (Wildman–Crippen LogP) is 1.89. The van der Waals surface area contributed by atoms with Gasteiger partial charge in [-0.15, -0.1) is 0 Å². The Balaban J connectivity index is 1.64. The van der Waals surface area contributed by atoms with Gasteiger partial charge in [0.15, 0.2) is 0 Å². The fraction of sp³-hybridized carbons (Fsp3) is 0.588. The van der Waals surface area contributed by atoms with Gasteiger partial charge in [-0.3, -0.25) is 4.79 Å². The first-order chi connectivity index (χ1) is 11.3. The zero-order valence-corrected chi connectivity index (χ0v) is 14.6. The number of halogens is 1. The number of nitrogens with zero attached hydrogens (tertiary/aromatic N) is 1. The number of amides is 1. The summed E-state index contributed by atoms with van der Waals surface area (Å²) >= 11 is 0. The summed E-state index contributed by atoms with van der Waals surface area (Å²) in [5.74, 6) is 0.441. The fourth-order valence-corrected chi connectivity index (χ4v) is 4.67. The highest BCUT2D eigenvalue weighted by Crippen LogP contribution is 2.44. The van der Waals surface area contributed by atoms with Crippen LogP contribution in [-0.4, -0.2) is 37.5 Å². The van der Waals surface area contributed by atoms with Crippen LogP contribution in [-0.2, 0) is 21.4 Å². The Hall–Kier alpha value is -1.47. The van der Waals surface area contributed by atoms with Crippen molar-refractivity contribution in [1.29, 1.82) is 0 Å². The summed E-state index contributed by atoms with van der Waals surface area (Å²) in [5.41, 5.74) is 0.260. The van der Waals surface area contributed by atoms with E-state index in [4.69, 9.17) is 0 Å². The van der Waals surface area contributed by atoms with Crippen molar-refractivity contribution in [3.8, 4) is 0 Å². The predicted molar refractivity (Wildman–Crippen MR) is 89.0 cm³/mol. The zero-order valence-electron chi connectivity index (χ0n) is 13.7. The molecule has 0 aromatic heterocycles. The van der Waals surface area contributed by atoms with E-state index in [0.717, 1.165) is 29.8 Å². The minimum absolute atomic E-state index is 0.143. The molecule has 0 radical (unpaired) electrons. The molecule has 7 heteroatoms.